The number of thiophene rings is 2. The van der Waals surface area contributed by atoms with Crippen LogP contribution in [-0.2, 0) is 17.3 Å². The van der Waals surface area contributed by atoms with Crippen molar-refractivity contribution in [1.82, 2.24) is 9.97 Å². The van der Waals surface area contributed by atoms with Crippen LogP contribution in [0.15, 0.2) is 53.2 Å². The fourth-order valence-electron chi connectivity index (χ4n) is 15.7. The summed E-state index contributed by atoms with van der Waals surface area (Å²) in [7, 11) is 0. The van der Waals surface area contributed by atoms with E-state index in [4.69, 9.17) is 29.9 Å². The summed E-state index contributed by atoms with van der Waals surface area (Å²) in [6, 6.07) is 9.76. The summed E-state index contributed by atoms with van der Waals surface area (Å²) in [5.41, 5.74) is 2.45. The summed E-state index contributed by atoms with van der Waals surface area (Å²) >= 11 is 13.4. The third-order valence-electron chi connectivity index (χ3n) is 22.2. The molecule has 6 heterocycles. The Morgan fingerprint density at radius 1 is 0.337 bits per heavy atom. The molecule has 6 nitrogen and oxygen atoms in total. The van der Waals surface area contributed by atoms with Gasteiger partial charge < -0.3 is 0 Å². The number of unbranched alkanes of at least 4 members (excludes halogenated alkanes) is 42. The van der Waals surface area contributed by atoms with Gasteiger partial charge in [-0.3, -0.25) is 20.0 Å². The predicted molar refractivity (Wildman–Crippen MR) is 476 cm³/mol. The summed E-state index contributed by atoms with van der Waals surface area (Å²) in [6.45, 7) is 16.2. The van der Waals surface area contributed by atoms with Crippen LogP contribution < -0.4 is 24.3 Å². The minimum atomic E-state index is -2.19. The zero-order chi connectivity index (χ0) is 74.1. The maximum atomic E-state index is 5.62. The Morgan fingerprint density at radius 3 is 0.942 bits per heavy atom. The Kier molecular flexibility index (Phi) is 45.2. The molecular formula is C90H146Br2N6S4Sn2. The van der Waals surface area contributed by atoms with Gasteiger partial charge in [0.2, 0.25) is 0 Å². The number of aromatic nitrogens is 2. The number of fused-ring (bicyclic) bond motifs is 6. The van der Waals surface area contributed by atoms with Gasteiger partial charge in [0.25, 0.3) is 0 Å². The summed E-state index contributed by atoms with van der Waals surface area (Å²) in [6.07, 6.45) is 71.6. The zero-order valence-electron chi connectivity index (χ0n) is 68.0. The summed E-state index contributed by atoms with van der Waals surface area (Å²) in [5, 5.41) is 9.04. The van der Waals surface area contributed by atoms with E-state index < -0.39 is 18.4 Å². The van der Waals surface area contributed by atoms with E-state index >= 15 is 0 Å². The van der Waals surface area contributed by atoms with E-state index in [2.05, 4.69) is 142 Å². The number of halogens is 2. The van der Waals surface area contributed by atoms with E-state index in [1.165, 1.54) is 360 Å². The summed E-state index contributed by atoms with van der Waals surface area (Å²) in [5.74, 6) is 0. The minimum absolute atomic E-state index is 0.278. The van der Waals surface area contributed by atoms with Crippen LogP contribution in [0.5, 0.6) is 0 Å². The molecule has 104 heavy (non-hydrogen) atoms. The fourth-order valence-corrected chi connectivity index (χ4v) is 29.5. The molecule has 2 aliphatic rings. The normalized spacial score (nSPS) is 13.7. The number of benzene rings is 2. The van der Waals surface area contributed by atoms with Crippen molar-refractivity contribution in [2.75, 3.05) is 0 Å². The molecule has 0 N–H and O–H groups in total. The van der Waals surface area contributed by atoms with Crippen LogP contribution in [0.4, 0.5) is 0 Å². The molecule has 0 aliphatic carbocycles. The SMILES string of the molecule is CCCCCCCCC1(CCCCCCCC)N=c2c(Br)cc3c4c(c(Br)cc3c2=N1)=NC(CCCCCCCC)(CCCCCCCC)N=4.CCCCCCCCCCCCCCc1cc([CH2][Sn][CH2]C)sc1-c1nc2sc(-c3s[c]([Sn]([CH3])([CH3])[CH3])cc3CCCCCCCCCCCCCC)nc2s1. The molecule has 0 spiro atoms. The Morgan fingerprint density at radius 2 is 0.625 bits per heavy atom. The van der Waals surface area contributed by atoms with Crippen LogP contribution in [0, 0.1) is 0 Å². The molecule has 2 radical (unpaired) electrons. The molecule has 0 atom stereocenters. The van der Waals surface area contributed by atoms with E-state index in [0.717, 1.165) is 65.7 Å². The topological polar surface area (TPSA) is 75.2 Å². The van der Waals surface area contributed by atoms with E-state index in [1.54, 1.807) is 18.9 Å². The molecule has 8 rings (SSSR count). The van der Waals surface area contributed by atoms with Crippen molar-refractivity contribution in [3.8, 4) is 19.8 Å². The van der Waals surface area contributed by atoms with Gasteiger partial charge in [-0.2, -0.15) is 0 Å². The molecule has 0 fully saturated rings. The standard InChI is InChI=1S/C44H70Br2N4.C41H62N2S4.C2H5.3CH3.2Sn/c1-5-9-13-17-21-25-29-43(30-26-22-18-14-10-6-2)47-39-35-33-38(46)42-40(36(35)34-37(45)41(39)49-43)48-44(50-42,31-27-23-19-15-11-7-3)32-28-24-20-16-12-8-4;1-4-6-8-10-12-14-16-18-20-22-24-26-28-34-30-31-44-36(34)38-42-40-41(46-38)43-39(47-40)37-35(32-33(3)45-37)29-27-25-23-21-19-17-15-13-11-9-7-5-2;1-2;;;;;/h33-34H,5-32H2,1-4H3;30,32H,3-29H2,1-2H3;1H2,2H3;3*1H3;;. The van der Waals surface area contributed by atoms with Gasteiger partial charge in [-0.1, -0.05) is 228 Å². The molecule has 14 heteroatoms. The Hall–Kier alpha value is -0.623. The Bertz CT molecular complexity index is 3420. The first-order valence-corrected chi connectivity index (χ1v) is 62.8. The van der Waals surface area contributed by atoms with Gasteiger partial charge in [-0.15, -0.1) is 0 Å². The first-order valence-electron chi connectivity index (χ1n) is 43.9. The van der Waals surface area contributed by atoms with E-state index in [9.17, 15) is 0 Å². The average molecular weight is 1840 g/mol. The first-order chi connectivity index (χ1) is 50.7. The van der Waals surface area contributed by atoms with Crippen molar-refractivity contribution in [1.29, 1.82) is 0 Å². The third-order valence-corrected chi connectivity index (χ3v) is 41.5. The van der Waals surface area contributed by atoms with Crippen molar-refractivity contribution in [3.63, 3.8) is 0 Å². The number of aryl methyl sites for hydroxylation is 2. The van der Waals surface area contributed by atoms with Crippen LogP contribution >= 0.6 is 77.2 Å². The number of rotatable bonds is 60. The molecule has 582 valence electrons. The van der Waals surface area contributed by atoms with Crippen LogP contribution in [0.25, 0.3) is 40.2 Å². The van der Waals surface area contributed by atoms with Gasteiger partial charge in [0, 0.05) is 19.7 Å². The number of hydrogen-bond acceptors (Lipinski definition) is 10. The quantitative estimate of drug-likeness (QED) is 0.0282. The van der Waals surface area contributed by atoms with Crippen molar-refractivity contribution >= 4 is 140 Å². The maximum absolute atomic E-state index is 5.62. The Balaban J connectivity index is 0.000000292. The van der Waals surface area contributed by atoms with Gasteiger partial charge in [0.05, 0.1) is 10.7 Å². The van der Waals surface area contributed by atoms with Crippen LogP contribution in [-0.4, -0.2) is 60.8 Å². The van der Waals surface area contributed by atoms with Crippen LogP contribution in [0.1, 0.15) is 398 Å². The summed E-state index contributed by atoms with van der Waals surface area (Å²) < 4.78 is 6.61. The predicted octanol–water partition coefficient (Wildman–Crippen LogP) is 30.2. The van der Waals surface area contributed by atoms with Crippen molar-refractivity contribution < 1.29 is 0 Å². The molecule has 0 bridgehead atoms. The van der Waals surface area contributed by atoms with Crippen LogP contribution in [0.2, 0.25) is 19.3 Å². The average Bonchev–Trinajstić information content (AvgIpc) is 1.56. The first kappa shape index (κ1) is 90.6. The van der Waals surface area contributed by atoms with Gasteiger partial charge in [-0.05, 0) is 95.4 Å². The van der Waals surface area contributed by atoms with E-state index in [-0.39, 0.29) is 32.5 Å². The second-order valence-electron chi connectivity index (χ2n) is 32.7. The fraction of sp³-hybridized carbons (Fsp3) is 0.756. The second-order valence-corrected chi connectivity index (χ2v) is 58.4. The zero-order valence-corrected chi connectivity index (χ0v) is 80.1. The van der Waals surface area contributed by atoms with Crippen molar-refractivity contribution in [3.05, 3.63) is 70.6 Å². The second kappa shape index (κ2) is 51.9. The summed E-state index contributed by atoms with van der Waals surface area (Å²) in [4.78, 5) is 47.5. The van der Waals surface area contributed by atoms with Gasteiger partial charge in [0.1, 0.15) is 10.7 Å². The van der Waals surface area contributed by atoms with Crippen LogP contribution in [0.3, 0.4) is 0 Å². The number of nitrogens with zero attached hydrogens (tertiary/aromatic N) is 6. The monoisotopic (exact) mass is 1840 g/mol. The van der Waals surface area contributed by atoms with Crippen molar-refractivity contribution in [2.45, 2.75) is 430 Å². The molecule has 4 aromatic heterocycles. The number of thiazole rings is 2. The van der Waals surface area contributed by atoms with Gasteiger partial charge in [-0.25, -0.2) is 0 Å². The molecule has 2 aromatic carbocycles. The number of hydrogen-bond donors (Lipinski definition) is 0. The third kappa shape index (κ3) is 31.0. The van der Waals surface area contributed by atoms with E-state index in [1.807, 2.05) is 22.7 Å². The van der Waals surface area contributed by atoms with Gasteiger partial charge >= 0.3 is 295 Å². The van der Waals surface area contributed by atoms with Gasteiger partial charge in [0.15, 0.2) is 11.3 Å². The Labute approximate surface area is 683 Å². The molecule has 0 saturated carbocycles. The molecule has 0 unspecified atom stereocenters. The molecule has 0 saturated heterocycles. The molecule has 0 amide bonds. The molecule has 6 aromatic rings. The van der Waals surface area contributed by atoms with Crippen molar-refractivity contribution in [2.24, 2.45) is 20.0 Å². The molecular weight excluding hydrogens is 1690 g/mol. The van der Waals surface area contributed by atoms with E-state index in [0.29, 0.717) is 0 Å². The molecule has 2 aliphatic heterocycles.